The minimum absolute atomic E-state index is 0.111. The van der Waals surface area contributed by atoms with Crippen molar-refractivity contribution < 1.29 is 9.53 Å². The van der Waals surface area contributed by atoms with Crippen molar-refractivity contribution in [2.24, 2.45) is 5.92 Å². The summed E-state index contributed by atoms with van der Waals surface area (Å²) >= 11 is 0. The summed E-state index contributed by atoms with van der Waals surface area (Å²) in [5, 5.41) is 0. The molecule has 0 unspecified atom stereocenters. The summed E-state index contributed by atoms with van der Waals surface area (Å²) < 4.78 is 5.70. The lowest BCUT2D eigenvalue weighted by Crippen LogP contribution is -2.55. The molecule has 1 aromatic heterocycles. The lowest BCUT2D eigenvalue weighted by Gasteiger charge is -2.42. The average Bonchev–Trinajstić information content (AvgIpc) is 2.97. The molecule has 2 amide bonds. The van der Waals surface area contributed by atoms with Crippen LogP contribution in [0.5, 0.6) is 0 Å². The third-order valence-corrected chi connectivity index (χ3v) is 5.03. The summed E-state index contributed by atoms with van der Waals surface area (Å²) in [7, 11) is 5.43. The van der Waals surface area contributed by atoms with Gasteiger partial charge in [0.05, 0.1) is 12.1 Å². The van der Waals surface area contributed by atoms with E-state index in [1.165, 1.54) is 5.56 Å². The summed E-state index contributed by atoms with van der Waals surface area (Å²) in [6, 6.07) is 4.46. The van der Waals surface area contributed by atoms with Crippen LogP contribution in [0.25, 0.3) is 0 Å². The summed E-state index contributed by atoms with van der Waals surface area (Å²) in [6.07, 6.45) is 4.82. The fraction of sp³-hybridized carbons (Fsp3) is 0.647. The Balaban J connectivity index is 1.73. The number of amides is 2. The summed E-state index contributed by atoms with van der Waals surface area (Å²) in [5.41, 5.74) is 1.26. The van der Waals surface area contributed by atoms with Gasteiger partial charge in [0, 0.05) is 65.7 Å². The molecule has 0 N–H and O–H groups in total. The van der Waals surface area contributed by atoms with Crippen LogP contribution in [-0.2, 0) is 11.3 Å². The minimum atomic E-state index is 0.111. The standard InChI is InChI=1S/C17H26N4O2/c1-19(2)17(22)21-9-6-16(23-3)14-11-20(12-15(14)21)10-13-4-7-18-8-5-13/h4-5,7-8,14-16H,6,9-12H2,1-3H3/t14-,15+,16+/m0/s1. The van der Waals surface area contributed by atoms with Gasteiger partial charge in [-0.05, 0) is 24.1 Å². The summed E-state index contributed by atoms with van der Waals surface area (Å²) in [6.45, 7) is 3.56. The first kappa shape index (κ1) is 16.2. The van der Waals surface area contributed by atoms with E-state index in [0.717, 1.165) is 32.6 Å². The molecule has 2 fully saturated rings. The van der Waals surface area contributed by atoms with Gasteiger partial charge in [-0.1, -0.05) is 0 Å². The van der Waals surface area contributed by atoms with Crippen LogP contribution in [0.4, 0.5) is 4.79 Å². The number of piperidine rings is 1. The zero-order valence-electron chi connectivity index (χ0n) is 14.2. The molecule has 0 saturated carbocycles. The number of urea groups is 1. The second-order valence-corrected chi connectivity index (χ2v) is 6.71. The molecule has 23 heavy (non-hydrogen) atoms. The molecular formula is C17H26N4O2. The molecule has 3 rings (SSSR count). The second kappa shape index (κ2) is 6.84. The third-order valence-electron chi connectivity index (χ3n) is 5.03. The molecule has 1 aromatic rings. The number of nitrogens with zero attached hydrogens (tertiary/aromatic N) is 4. The minimum Gasteiger partial charge on any atom is -0.381 e. The highest BCUT2D eigenvalue weighted by Crippen LogP contribution is 2.33. The van der Waals surface area contributed by atoms with Gasteiger partial charge in [-0.15, -0.1) is 0 Å². The molecule has 126 valence electrons. The van der Waals surface area contributed by atoms with E-state index < -0.39 is 0 Å². The predicted octanol–water partition coefficient (Wildman–Crippen LogP) is 1.28. The molecule has 0 aromatic carbocycles. The van der Waals surface area contributed by atoms with Gasteiger partial charge in [-0.3, -0.25) is 9.88 Å². The fourth-order valence-electron chi connectivity index (χ4n) is 3.90. The van der Waals surface area contributed by atoms with Gasteiger partial charge in [0.15, 0.2) is 0 Å². The molecule has 3 atom stereocenters. The molecule has 6 nitrogen and oxygen atoms in total. The molecule has 0 radical (unpaired) electrons. The zero-order chi connectivity index (χ0) is 16.4. The number of carbonyl (C=O) groups excluding carboxylic acids is 1. The van der Waals surface area contributed by atoms with Crippen molar-refractivity contribution >= 4 is 6.03 Å². The van der Waals surface area contributed by atoms with Crippen molar-refractivity contribution in [3.63, 3.8) is 0 Å². The van der Waals surface area contributed by atoms with Crippen LogP contribution in [0.2, 0.25) is 0 Å². The lowest BCUT2D eigenvalue weighted by molar-refractivity contribution is -0.0116. The van der Waals surface area contributed by atoms with Crippen molar-refractivity contribution in [1.82, 2.24) is 19.7 Å². The largest absolute Gasteiger partial charge is 0.381 e. The first-order chi connectivity index (χ1) is 11.1. The van der Waals surface area contributed by atoms with Crippen molar-refractivity contribution in [2.45, 2.75) is 25.1 Å². The third kappa shape index (κ3) is 3.33. The molecule has 0 aliphatic carbocycles. The maximum atomic E-state index is 12.5. The van der Waals surface area contributed by atoms with Crippen LogP contribution in [0.1, 0.15) is 12.0 Å². The monoisotopic (exact) mass is 318 g/mol. The number of ether oxygens (including phenoxy) is 1. The van der Waals surface area contributed by atoms with E-state index in [1.54, 1.807) is 12.0 Å². The highest BCUT2D eigenvalue weighted by Gasteiger charge is 2.46. The van der Waals surface area contributed by atoms with Gasteiger partial charge >= 0.3 is 6.03 Å². The highest BCUT2D eigenvalue weighted by atomic mass is 16.5. The first-order valence-electron chi connectivity index (χ1n) is 8.22. The first-order valence-corrected chi connectivity index (χ1v) is 8.22. The van der Waals surface area contributed by atoms with Gasteiger partial charge in [-0.25, -0.2) is 4.79 Å². The molecule has 0 bridgehead atoms. The second-order valence-electron chi connectivity index (χ2n) is 6.71. The van der Waals surface area contributed by atoms with Crippen molar-refractivity contribution in [2.75, 3.05) is 40.8 Å². The fourth-order valence-corrected chi connectivity index (χ4v) is 3.90. The quantitative estimate of drug-likeness (QED) is 0.842. The maximum absolute atomic E-state index is 12.5. The van der Waals surface area contributed by atoms with Crippen LogP contribution in [0.15, 0.2) is 24.5 Å². The van der Waals surface area contributed by atoms with Crippen molar-refractivity contribution in [3.8, 4) is 0 Å². The van der Waals surface area contributed by atoms with Crippen LogP contribution in [-0.4, -0.2) is 78.7 Å². The van der Waals surface area contributed by atoms with Crippen LogP contribution in [0.3, 0.4) is 0 Å². The Morgan fingerprint density at radius 2 is 2.09 bits per heavy atom. The smallest absolute Gasteiger partial charge is 0.319 e. The Morgan fingerprint density at radius 3 is 2.74 bits per heavy atom. The molecular weight excluding hydrogens is 292 g/mol. The van der Waals surface area contributed by atoms with Crippen molar-refractivity contribution in [1.29, 1.82) is 0 Å². The topological polar surface area (TPSA) is 48.9 Å². The van der Waals surface area contributed by atoms with Crippen LogP contribution < -0.4 is 0 Å². The lowest BCUT2D eigenvalue weighted by atomic mass is 9.89. The van der Waals surface area contributed by atoms with E-state index in [4.69, 9.17) is 4.74 Å². The predicted molar refractivity (Wildman–Crippen MR) is 88.0 cm³/mol. The van der Waals surface area contributed by atoms with Gasteiger partial charge in [-0.2, -0.15) is 0 Å². The molecule has 6 heteroatoms. The van der Waals surface area contributed by atoms with Gasteiger partial charge in [0.2, 0.25) is 0 Å². The van der Waals surface area contributed by atoms with Gasteiger partial charge < -0.3 is 14.5 Å². The van der Waals surface area contributed by atoms with Crippen molar-refractivity contribution in [3.05, 3.63) is 30.1 Å². The molecule has 0 spiro atoms. The Morgan fingerprint density at radius 1 is 1.35 bits per heavy atom. The number of aromatic nitrogens is 1. The number of hydrogen-bond donors (Lipinski definition) is 0. The van der Waals surface area contributed by atoms with E-state index in [1.807, 2.05) is 31.4 Å². The summed E-state index contributed by atoms with van der Waals surface area (Å²) in [5.74, 6) is 0.388. The van der Waals surface area contributed by atoms with Crippen LogP contribution >= 0.6 is 0 Å². The van der Waals surface area contributed by atoms with Gasteiger partial charge in [0.1, 0.15) is 0 Å². The number of fused-ring (bicyclic) bond motifs is 1. The Labute approximate surface area is 138 Å². The number of carbonyl (C=O) groups is 1. The Bertz CT molecular complexity index is 537. The Kier molecular flexibility index (Phi) is 4.82. The molecule has 2 aliphatic heterocycles. The van der Waals surface area contributed by atoms with E-state index in [0.29, 0.717) is 5.92 Å². The van der Waals surface area contributed by atoms with E-state index in [2.05, 4.69) is 22.0 Å². The number of pyridine rings is 1. The Hall–Kier alpha value is -1.66. The summed E-state index contributed by atoms with van der Waals surface area (Å²) in [4.78, 5) is 22.7. The average molecular weight is 318 g/mol. The molecule has 3 heterocycles. The van der Waals surface area contributed by atoms with E-state index in [-0.39, 0.29) is 18.2 Å². The maximum Gasteiger partial charge on any atom is 0.319 e. The zero-order valence-corrected chi connectivity index (χ0v) is 14.2. The van der Waals surface area contributed by atoms with Gasteiger partial charge in [0.25, 0.3) is 0 Å². The molecule has 2 saturated heterocycles. The van der Waals surface area contributed by atoms with Crippen LogP contribution in [0, 0.1) is 5.92 Å². The number of rotatable bonds is 3. The number of hydrogen-bond acceptors (Lipinski definition) is 4. The normalized spacial score (nSPS) is 27.8. The SMILES string of the molecule is CO[C@@H]1CCN(C(=O)N(C)C)[C@@H]2CN(Cc3ccncc3)C[C@@H]21. The van der Waals surface area contributed by atoms with E-state index >= 15 is 0 Å². The number of methoxy groups -OCH3 is 1. The highest BCUT2D eigenvalue weighted by molar-refractivity contribution is 5.74. The van der Waals surface area contributed by atoms with E-state index in [9.17, 15) is 4.79 Å². The molecule has 2 aliphatic rings. The number of likely N-dealkylation sites (tertiary alicyclic amines) is 2.